The van der Waals surface area contributed by atoms with E-state index in [2.05, 4.69) is 15.3 Å². The van der Waals surface area contributed by atoms with Crippen molar-refractivity contribution in [3.8, 4) is 11.3 Å². The molecule has 0 saturated heterocycles. The molecule has 190 valence electrons. The first-order chi connectivity index (χ1) is 17.2. The Morgan fingerprint density at radius 2 is 1.86 bits per heavy atom. The number of aliphatic hydroxyl groups excluding tert-OH is 2. The predicted molar refractivity (Wildman–Crippen MR) is 128 cm³/mol. The van der Waals surface area contributed by atoms with Gasteiger partial charge in [0.05, 0.1) is 23.6 Å². The lowest BCUT2D eigenvalue weighted by atomic mass is 9.74. The fraction of sp³-hybridized carbons (Fsp3) is 0.346. The van der Waals surface area contributed by atoms with Crippen LogP contribution in [0.2, 0.25) is 0 Å². The molecule has 10 heteroatoms. The standard InChI is InChI=1S/C26H27F3N4O3/c1-13-8-15(11-20(30)25(13)35)16-4-6-31-12-22(16)33-26(36)21-3-2-17(27)24(32-21)23-18(28)9-14(5-7-34)10-19(23)29/h2-4,6,9-10,12-13,15,20,25,34-35H,5,7-8,11,30H2,1H3,(H,33,36)/t13-,15+,20+,25+/m0/s1. The third kappa shape index (κ3) is 5.25. The average molecular weight is 501 g/mol. The molecule has 1 aliphatic carbocycles. The summed E-state index contributed by atoms with van der Waals surface area (Å²) in [5.41, 5.74) is 5.91. The second-order valence-electron chi connectivity index (χ2n) is 9.15. The van der Waals surface area contributed by atoms with E-state index < -0.39 is 46.8 Å². The Bertz CT molecular complexity index is 1240. The fourth-order valence-electron chi connectivity index (χ4n) is 4.75. The van der Waals surface area contributed by atoms with Gasteiger partial charge in [-0.3, -0.25) is 9.78 Å². The molecule has 7 nitrogen and oxygen atoms in total. The highest BCUT2D eigenvalue weighted by Crippen LogP contribution is 2.38. The number of amides is 1. The molecule has 1 saturated carbocycles. The lowest BCUT2D eigenvalue weighted by molar-refractivity contribution is 0.0521. The van der Waals surface area contributed by atoms with E-state index in [4.69, 9.17) is 10.8 Å². The second kappa shape index (κ2) is 10.7. The van der Waals surface area contributed by atoms with Gasteiger partial charge < -0.3 is 21.3 Å². The van der Waals surface area contributed by atoms with Gasteiger partial charge in [0.25, 0.3) is 5.91 Å². The zero-order chi connectivity index (χ0) is 26.0. The largest absolute Gasteiger partial charge is 0.396 e. The topological polar surface area (TPSA) is 121 Å². The highest BCUT2D eigenvalue weighted by molar-refractivity contribution is 6.03. The Labute approximate surface area is 206 Å². The third-order valence-corrected chi connectivity index (χ3v) is 6.60. The van der Waals surface area contributed by atoms with Gasteiger partial charge in [-0.1, -0.05) is 6.92 Å². The number of nitrogens with zero attached hydrogens (tertiary/aromatic N) is 2. The van der Waals surface area contributed by atoms with Crippen molar-refractivity contribution < 1.29 is 28.2 Å². The van der Waals surface area contributed by atoms with Crippen molar-refractivity contribution in [2.75, 3.05) is 11.9 Å². The minimum absolute atomic E-state index is 0.0313. The molecular formula is C26H27F3N4O3. The van der Waals surface area contributed by atoms with Gasteiger partial charge in [-0.25, -0.2) is 18.2 Å². The Kier molecular flexibility index (Phi) is 7.67. The summed E-state index contributed by atoms with van der Waals surface area (Å²) in [6, 6.07) is 5.39. The van der Waals surface area contributed by atoms with Crippen molar-refractivity contribution in [1.82, 2.24) is 9.97 Å². The number of nitrogens with one attached hydrogen (secondary N) is 1. The monoisotopic (exact) mass is 500 g/mol. The van der Waals surface area contributed by atoms with Crippen LogP contribution in [-0.2, 0) is 6.42 Å². The van der Waals surface area contributed by atoms with E-state index in [0.717, 1.165) is 29.8 Å². The Morgan fingerprint density at radius 1 is 1.14 bits per heavy atom. The van der Waals surface area contributed by atoms with Crippen LogP contribution in [0.4, 0.5) is 18.9 Å². The van der Waals surface area contributed by atoms with Crippen LogP contribution in [0.15, 0.2) is 42.7 Å². The van der Waals surface area contributed by atoms with E-state index in [9.17, 15) is 23.1 Å². The molecule has 4 rings (SSSR count). The quantitative estimate of drug-likeness (QED) is 0.411. The molecule has 0 bridgehead atoms. The number of pyridine rings is 2. The maximum absolute atomic E-state index is 14.7. The lowest BCUT2D eigenvalue weighted by Crippen LogP contribution is -2.44. The summed E-state index contributed by atoms with van der Waals surface area (Å²) >= 11 is 0. The number of hydrogen-bond donors (Lipinski definition) is 4. The van der Waals surface area contributed by atoms with Crippen molar-refractivity contribution in [1.29, 1.82) is 0 Å². The maximum Gasteiger partial charge on any atom is 0.274 e. The smallest absolute Gasteiger partial charge is 0.274 e. The number of anilines is 1. The predicted octanol–water partition coefficient (Wildman–Crippen LogP) is 3.55. The number of halogens is 3. The van der Waals surface area contributed by atoms with Crippen molar-refractivity contribution >= 4 is 11.6 Å². The maximum atomic E-state index is 14.7. The first-order valence-electron chi connectivity index (χ1n) is 11.6. The number of nitrogens with two attached hydrogens (primary N) is 1. The van der Waals surface area contributed by atoms with Gasteiger partial charge in [-0.15, -0.1) is 0 Å². The van der Waals surface area contributed by atoms with E-state index in [1.54, 1.807) is 12.3 Å². The summed E-state index contributed by atoms with van der Waals surface area (Å²) in [7, 11) is 0. The summed E-state index contributed by atoms with van der Waals surface area (Å²) < 4.78 is 43.9. The summed E-state index contributed by atoms with van der Waals surface area (Å²) in [5, 5.41) is 21.9. The van der Waals surface area contributed by atoms with Gasteiger partial charge >= 0.3 is 0 Å². The minimum Gasteiger partial charge on any atom is -0.396 e. The summed E-state index contributed by atoms with van der Waals surface area (Å²) in [4.78, 5) is 21.0. The normalized spacial score (nSPS) is 21.9. The van der Waals surface area contributed by atoms with E-state index >= 15 is 0 Å². The van der Waals surface area contributed by atoms with Crippen LogP contribution >= 0.6 is 0 Å². The average Bonchev–Trinajstić information content (AvgIpc) is 2.83. The van der Waals surface area contributed by atoms with Gasteiger partial charge in [-0.05, 0) is 72.6 Å². The summed E-state index contributed by atoms with van der Waals surface area (Å²) in [6.45, 7) is 1.61. The Morgan fingerprint density at radius 3 is 2.53 bits per heavy atom. The summed E-state index contributed by atoms with van der Waals surface area (Å²) in [5.74, 6) is -3.88. The minimum atomic E-state index is -1.05. The van der Waals surface area contributed by atoms with Gasteiger partial charge in [0.2, 0.25) is 0 Å². The number of carbonyl (C=O) groups excluding carboxylic acids is 1. The summed E-state index contributed by atoms with van der Waals surface area (Å²) in [6.07, 6.45) is 3.66. The number of aliphatic hydroxyl groups is 2. The number of carbonyl (C=O) groups is 1. The molecule has 0 aliphatic heterocycles. The van der Waals surface area contributed by atoms with E-state index in [1.165, 1.54) is 6.20 Å². The lowest BCUT2D eigenvalue weighted by Gasteiger charge is -2.36. The van der Waals surface area contributed by atoms with Crippen LogP contribution in [0.25, 0.3) is 11.3 Å². The molecule has 36 heavy (non-hydrogen) atoms. The van der Waals surface area contributed by atoms with Crippen molar-refractivity contribution in [3.05, 3.63) is 77.0 Å². The van der Waals surface area contributed by atoms with Crippen LogP contribution in [0.5, 0.6) is 0 Å². The molecule has 2 heterocycles. The molecule has 0 spiro atoms. The Balaban J connectivity index is 1.63. The highest BCUT2D eigenvalue weighted by Gasteiger charge is 2.34. The van der Waals surface area contributed by atoms with Crippen LogP contribution in [0, 0.1) is 23.4 Å². The van der Waals surface area contributed by atoms with Gasteiger partial charge in [0.1, 0.15) is 28.8 Å². The van der Waals surface area contributed by atoms with Crippen LogP contribution in [0.3, 0.4) is 0 Å². The molecular weight excluding hydrogens is 473 g/mol. The molecule has 4 atom stereocenters. The first kappa shape index (κ1) is 25.7. The van der Waals surface area contributed by atoms with Gasteiger partial charge in [0, 0.05) is 18.8 Å². The number of hydrogen-bond acceptors (Lipinski definition) is 6. The van der Waals surface area contributed by atoms with Crippen LogP contribution in [-0.4, -0.2) is 44.8 Å². The molecule has 0 unspecified atom stereocenters. The molecule has 5 N–H and O–H groups in total. The fourth-order valence-corrected chi connectivity index (χ4v) is 4.75. The molecule has 2 aromatic heterocycles. The third-order valence-electron chi connectivity index (χ3n) is 6.60. The van der Waals surface area contributed by atoms with Gasteiger partial charge in [-0.2, -0.15) is 0 Å². The number of aromatic nitrogens is 2. The molecule has 0 radical (unpaired) electrons. The SMILES string of the molecule is C[C@H]1C[C@@H](c2ccncc2NC(=O)c2ccc(F)c(-c3c(F)cc(CCO)cc3F)n2)C[C@@H](N)[C@@H]1O. The zero-order valence-corrected chi connectivity index (χ0v) is 19.6. The second-order valence-corrected chi connectivity index (χ2v) is 9.15. The van der Waals surface area contributed by atoms with Crippen LogP contribution < -0.4 is 11.1 Å². The van der Waals surface area contributed by atoms with Crippen molar-refractivity contribution in [2.24, 2.45) is 11.7 Å². The highest BCUT2D eigenvalue weighted by atomic mass is 19.1. The molecule has 3 aromatic rings. The van der Waals surface area contributed by atoms with E-state index in [0.29, 0.717) is 18.5 Å². The molecule has 1 fully saturated rings. The zero-order valence-electron chi connectivity index (χ0n) is 19.6. The number of rotatable bonds is 6. The van der Waals surface area contributed by atoms with Crippen molar-refractivity contribution in [3.63, 3.8) is 0 Å². The number of benzene rings is 1. The van der Waals surface area contributed by atoms with Crippen LogP contribution in [0.1, 0.15) is 47.3 Å². The van der Waals surface area contributed by atoms with E-state index in [1.807, 2.05) is 6.92 Å². The van der Waals surface area contributed by atoms with Crippen molar-refractivity contribution in [2.45, 2.75) is 44.2 Å². The molecule has 1 aliphatic rings. The first-order valence-corrected chi connectivity index (χ1v) is 11.6. The van der Waals surface area contributed by atoms with Gasteiger partial charge in [0.15, 0.2) is 0 Å². The molecule has 1 amide bonds. The Hall–Kier alpha value is -3.34. The molecule has 1 aromatic carbocycles. The van der Waals surface area contributed by atoms with E-state index in [-0.39, 0.29) is 36.1 Å².